The molecule has 0 aliphatic rings. The summed E-state index contributed by atoms with van der Waals surface area (Å²) in [6.45, 7) is 4.16. The molecule has 0 aromatic rings. The molecule has 0 saturated heterocycles. The van der Waals surface area contributed by atoms with E-state index in [0.29, 0.717) is 6.42 Å². The molecule has 0 aliphatic carbocycles. The molecule has 0 radical (unpaired) electrons. The van der Waals surface area contributed by atoms with Crippen molar-refractivity contribution in [2.75, 3.05) is 6.61 Å². The zero-order chi connectivity index (χ0) is 29.0. The third-order valence-corrected chi connectivity index (χ3v) is 8.99. The molecule has 2 N–H and O–H groups in total. The Hall–Kier alpha value is -0.782. The summed E-state index contributed by atoms with van der Waals surface area (Å²) in [6.07, 6.45) is 25.5. The van der Waals surface area contributed by atoms with Crippen molar-refractivity contribution in [1.82, 2.24) is 0 Å². The number of esters is 2. The van der Waals surface area contributed by atoms with Gasteiger partial charge in [0.1, 0.15) is 0 Å². The molecule has 7 nitrogen and oxygen atoms in total. The number of ether oxygens (including phenoxy) is 2. The Morgan fingerprint density at radius 2 is 0.897 bits per heavy atom. The molecule has 39 heavy (non-hydrogen) atoms. The van der Waals surface area contributed by atoms with E-state index < -0.39 is 37.4 Å². The zero-order valence-corrected chi connectivity index (χ0v) is 27.2. The van der Waals surface area contributed by atoms with Crippen LogP contribution in [0.2, 0.25) is 5.21 Å². The standard InChI is InChI=1S/C31H61AsO7/c1-3-5-7-9-11-13-15-17-19-21-23-25-30(33)38-28-29(27-32(35,36)37)39-31(34)26-24-22-20-18-16-14-12-10-8-6-4-2/h29H,3-28H2,1-2H3,(H2,35,36,37). The smallest absolute Gasteiger partial charge is 0.0654 e. The van der Waals surface area contributed by atoms with E-state index >= 15 is 0 Å². The second-order valence-electron chi connectivity index (χ2n) is 11.2. The van der Waals surface area contributed by atoms with Crippen molar-refractivity contribution in [2.24, 2.45) is 0 Å². The van der Waals surface area contributed by atoms with Crippen LogP contribution in [0.5, 0.6) is 0 Å². The quantitative estimate of drug-likeness (QED) is 0.0493. The summed E-state index contributed by atoms with van der Waals surface area (Å²) in [5.74, 6) is -0.892. The Labute approximate surface area is 242 Å². The van der Waals surface area contributed by atoms with Crippen molar-refractivity contribution in [3.05, 3.63) is 0 Å². The SMILES string of the molecule is CCCCCCCCCCCCCC(=O)OCC(C[As](=O)(O)O)OC(=O)CCCCCCCCCCCCC. The fraction of sp³-hybridized carbons (Fsp3) is 0.935. The van der Waals surface area contributed by atoms with Crippen LogP contribution >= 0.6 is 0 Å². The van der Waals surface area contributed by atoms with Crippen molar-refractivity contribution in [3.63, 3.8) is 0 Å². The summed E-state index contributed by atoms with van der Waals surface area (Å²) >= 11 is -5.05. The molecule has 1 atom stereocenters. The normalized spacial score (nSPS) is 12.4. The molecular weight excluding hydrogens is 559 g/mol. The molecule has 0 rings (SSSR count). The average molecular weight is 621 g/mol. The fourth-order valence-corrected chi connectivity index (χ4v) is 6.25. The summed E-state index contributed by atoms with van der Waals surface area (Å²) in [4.78, 5) is 24.3. The van der Waals surface area contributed by atoms with E-state index in [1.54, 1.807) is 0 Å². The Morgan fingerprint density at radius 3 is 1.26 bits per heavy atom. The predicted molar refractivity (Wildman–Crippen MR) is 159 cm³/mol. The van der Waals surface area contributed by atoms with Crippen LogP contribution in [0.15, 0.2) is 0 Å². The third-order valence-electron chi connectivity index (χ3n) is 7.14. The molecule has 0 aromatic carbocycles. The van der Waals surface area contributed by atoms with Gasteiger partial charge in [-0.2, -0.15) is 0 Å². The minimum absolute atomic E-state index is 0.216. The van der Waals surface area contributed by atoms with Gasteiger partial charge in [0.05, 0.1) is 0 Å². The first kappa shape index (κ1) is 38.2. The monoisotopic (exact) mass is 620 g/mol. The predicted octanol–water partition coefficient (Wildman–Crippen LogP) is 8.20. The summed E-state index contributed by atoms with van der Waals surface area (Å²) in [7, 11) is 0. The van der Waals surface area contributed by atoms with Crippen molar-refractivity contribution in [3.8, 4) is 0 Å². The van der Waals surface area contributed by atoms with Crippen molar-refractivity contribution in [2.45, 2.75) is 179 Å². The summed E-state index contributed by atoms with van der Waals surface area (Å²) in [5, 5.41) is -0.575. The summed E-state index contributed by atoms with van der Waals surface area (Å²) in [6, 6.07) is 0. The van der Waals surface area contributed by atoms with Crippen LogP contribution in [0.25, 0.3) is 0 Å². The van der Waals surface area contributed by atoms with E-state index in [1.165, 1.54) is 103 Å². The Bertz CT molecular complexity index is 620. The van der Waals surface area contributed by atoms with E-state index in [-0.39, 0.29) is 19.4 Å². The van der Waals surface area contributed by atoms with Gasteiger partial charge in [0.25, 0.3) is 0 Å². The van der Waals surface area contributed by atoms with Gasteiger partial charge in [-0.25, -0.2) is 0 Å². The van der Waals surface area contributed by atoms with Gasteiger partial charge in [0.2, 0.25) is 0 Å². The number of unbranched alkanes of at least 4 members (excludes halogenated alkanes) is 20. The molecule has 0 aromatic heterocycles. The van der Waals surface area contributed by atoms with Gasteiger partial charge in [-0.05, 0) is 0 Å². The van der Waals surface area contributed by atoms with E-state index in [4.69, 9.17) is 9.47 Å². The molecular formula is C31H61AsO7. The van der Waals surface area contributed by atoms with E-state index in [2.05, 4.69) is 13.8 Å². The van der Waals surface area contributed by atoms with Gasteiger partial charge in [-0.3, -0.25) is 0 Å². The molecule has 1 unspecified atom stereocenters. The Morgan fingerprint density at radius 1 is 0.564 bits per heavy atom. The maximum absolute atomic E-state index is 12.2. The van der Waals surface area contributed by atoms with Gasteiger partial charge in [0.15, 0.2) is 0 Å². The topological polar surface area (TPSA) is 110 Å². The minimum atomic E-state index is -5.05. The zero-order valence-electron chi connectivity index (χ0n) is 25.3. The van der Waals surface area contributed by atoms with Crippen molar-refractivity contribution in [1.29, 1.82) is 0 Å². The van der Waals surface area contributed by atoms with Crippen molar-refractivity contribution < 1.29 is 31.0 Å². The molecule has 0 fully saturated rings. The van der Waals surface area contributed by atoms with Gasteiger partial charge in [0, 0.05) is 0 Å². The maximum atomic E-state index is 12.2. The number of rotatable bonds is 29. The first-order valence-electron chi connectivity index (χ1n) is 16.2. The average Bonchev–Trinajstić information content (AvgIpc) is 2.88. The van der Waals surface area contributed by atoms with Gasteiger partial charge < -0.3 is 0 Å². The molecule has 0 spiro atoms. The summed E-state index contributed by atoms with van der Waals surface area (Å²) in [5.41, 5.74) is 0. The number of carbonyl (C=O) groups is 2. The van der Waals surface area contributed by atoms with E-state index in [9.17, 15) is 21.5 Å². The second kappa shape index (κ2) is 27.4. The molecule has 0 aliphatic heterocycles. The number of hydrogen-bond acceptors (Lipinski definition) is 5. The summed E-state index contributed by atoms with van der Waals surface area (Å²) < 4.78 is 40.8. The Kier molecular flexibility index (Phi) is 26.8. The van der Waals surface area contributed by atoms with Crippen LogP contribution in [0.4, 0.5) is 0 Å². The molecule has 0 amide bonds. The molecule has 0 heterocycles. The molecule has 8 heteroatoms. The van der Waals surface area contributed by atoms with E-state index in [0.717, 1.165) is 32.1 Å². The first-order chi connectivity index (χ1) is 18.8. The van der Waals surface area contributed by atoms with Gasteiger partial charge in [-0.1, -0.05) is 71.6 Å². The molecule has 0 saturated carbocycles. The van der Waals surface area contributed by atoms with Crippen LogP contribution in [0, 0.1) is 0 Å². The van der Waals surface area contributed by atoms with Crippen LogP contribution in [0.3, 0.4) is 0 Å². The van der Waals surface area contributed by atoms with Crippen LogP contribution in [-0.4, -0.2) is 47.0 Å². The van der Waals surface area contributed by atoms with E-state index in [1.807, 2.05) is 0 Å². The molecule has 0 bridgehead atoms. The fourth-order valence-electron chi connectivity index (χ4n) is 4.76. The minimum Gasteiger partial charge on any atom is -0.0654 e. The molecule has 232 valence electrons. The first-order valence-corrected chi connectivity index (χ1v) is 19.9. The van der Waals surface area contributed by atoms with Crippen LogP contribution in [-0.2, 0) is 22.8 Å². The second-order valence-corrected chi connectivity index (χ2v) is 14.8. The van der Waals surface area contributed by atoms with Gasteiger partial charge in [-0.15, -0.1) is 0 Å². The van der Waals surface area contributed by atoms with Gasteiger partial charge >= 0.3 is 171 Å². The van der Waals surface area contributed by atoms with Crippen LogP contribution < -0.4 is 0 Å². The van der Waals surface area contributed by atoms with Crippen LogP contribution in [0.1, 0.15) is 168 Å². The van der Waals surface area contributed by atoms with Crippen molar-refractivity contribution >= 4 is 26.1 Å². The Balaban J connectivity index is 3.94. The number of carbonyl (C=O) groups excluding carboxylic acids is 2. The third kappa shape index (κ3) is 30.0. The number of hydrogen-bond donors (Lipinski definition) is 2.